The van der Waals surface area contributed by atoms with E-state index in [4.69, 9.17) is 4.74 Å². The highest BCUT2D eigenvalue weighted by Crippen LogP contribution is 2.07. The zero-order valence-corrected chi connectivity index (χ0v) is 11.7. The molecule has 0 unspecified atom stereocenters. The number of nitrogens with zero attached hydrogens (tertiary/aromatic N) is 1. The van der Waals surface area contributed by atoms with Crippen LogP contribution in [0, 0.1) is 6.92 Å². The first-order valence-electron chi connectivity index (χ1n) is 5.59. The molecule has 3 heteroatoms. The summed E-state index contributed by atoms with van der Waals surface area (Å²) >= 11 is 3.48. The molecule has 0 aliphatic carbocycles. The zero-order chi connectivity index (χ0) is 11.8. The molecule has 16 heavy (non-hydrogen) atoms. The van der Waals surface area contributed by atoms with Gasteiger partial charge in [0, 0.05) is 32.1 Å². The van der Waals surface area contributed by atoms with Gasteiger partial charge in [-0.05, 0) is 12.5 Å². The molecule has 1 aromatic carbocycles. The molecule has 1 rings (SSSR count). The average Bonchev–Trinajstić information content (AvgIpc) is 2.29. The molecule has 0 saturated carbocycles. The van der Waals surface area contributed by atoms with Gasteiger partial charge in [0.2, 0.25) is 0 Å². The molecule has 2 nitrogen and oxygen atoms in total. The molecule has 0 bridgehead atoms. The largest absolute Gasteiger partial charge is 0.383 e. The van der Waals surface area contributed by atoms with Crippen molar-refractivity contribution in [2.45, 2.75) is 13.5 Å². The zero-order valence-electron chi connectivity index (χ0n) is 10.1. The molecular weight excluding hydrogens is 266 g/mol. The predicted octanol–water partition coefficient (Wildman–Crippen LogP) is 2.84. The van der Waals surface area contributed by atoms with Gasteiger partial charge in [0.1, 0.15) is 0 Å². The first-order valence-corrected chi connectivity index (χ1v) is 6.71. The van der Waals surface area contributed by atoms with E-state index in [-0.39, 0.29) is 0 Å². The number of benzene rings is 1. The van der Waals surface area contributed by atoms with Gasteiger partial charge >= 0.3 is 0 Å². The number of hydrogen-bond acceptors (Lipinski definition) is 2. The van der Waals surface area contributed by atoms with Gasteiger partial charge in [-0.15, -0.1) is 0 Å². The summed E-state index contributed by atoms with van der Waals surface area (Å²) in [6.07, 6.45) is 0. The summed E-state index contributed by atoms with van der Waals surface area (Å²) in [7, 11) is 1.75. The second kappa shape index (κ2) is 7.82. The van der Waals surface area contributed by atoms with Crippen molar-refractivity contribution in [2.24, 2.45) is 0 Å². The van der Waals surface area contributed by atoms with E-state index in [1.54, 1.807) is 7.11 Å². The van der Waals surface area contributed by atoms with Crippen molar-refractivity contribution in [2.75, 3.05) is 32.1 Å². The van der Waals surface area contributed by atoms with Crippen molar-refractivity contribution < 1.29 is 4.74 Å². The lowest BCUT2D eigenvalue weighted by Gasteiger charge is -2.20. The van der Waals surface area contributed by atoms with Crippen molar-refractivity contribution in [3.63, 3.8) is 0 Å². The van der Waals surface area contributed by atoms with Crippen molar-refractivity contribution in [1.29, 1.82) is 0 Å². The van der Waals surface area contributed by atoms with E-state index in [2.05, 4.69) is 52.0 Å². The second-order valence-corrected chi connectivity index (χ2v) is 4.74. The molecule has 0 spiro atoms. The first kappa shape index (κ1) is 13.7. The molecular formula is C13H20BrNO. The van der Waals surface area contributed by atoms with Gasteiger partial charge in [-0.2, -0.15) is 0 Å². The van der Waals surface area contributed by atoms with Crippen LogP contribution < -0.4 is 0 Å². The van der Waals surface area contributed by atoms with Gasteiger partial charge in [-0.25, -0.2) is 0 Å². The van der Waals surface area contributed by atoms with Gasteiger partial charge in [0.05, 0.1) is 6.61 Å². The van der Waals surface area contributed by atoms with Crippen LogP contribution >= 0.6 is 15.9 Å². The molecule has 0 aliphatic rings. The minimum atomic E-state index is 0.791. The van der Waals surface area contributed by atoms with E-state index in [1.165, 1.54) is 11.1 Å². The van der Waals surface area contributed by atoms with Gasteiger partial charge in [0.25, 0.3) is 0 Å². The Morgan fingerprint density at radius 1 is 1.19 bits per heavy atom. The molecule has 90 valence electrons. The maximum Gasteiger partial charge on any atom is 0.0589 e. The summed E-state index contributed by atoms with van der Waals surface area (Å²) in [6.45, 7) is 5.94. The second-order valence-electron chi connectivity index (χ2n) is 3.94. The highest BCUT2D eigenvalue weighted by atomic mass is 79.9. The third-order valence-corrected chi connectivity index (χ3v) is 2.89. The Bertz CT molecular complexity index is 286. The minimum absolute atomic E-state index is 0.791. The normalized spacial score (nSPS) is 11.0. The quantitative estimate of drug-likeness (QED) is 0.715. The highest BCUT2D eigenvalue weighted by molar-refractivity contribution is 9.09. The Kier molecular flexibility index (Phi) is 6.69. The standard InChI is InChI=1S/C13H20BrNO/c1-12-3-5-13(6-4-12)11-15(8-7-14)9-10-16-2/h3-6H,7-11H2,1-2H3. The number of hydrogen-bond donors (Lipinski definition) is 0. The number of methoxy groups -OCH3 is 1. The fourth-order valence-electron chi connectivity index (χ4n) is 1.56. The van der Waals surface area contributed by atoms with Crippen LogP contribution in [0.1, 0.15) is 11.1 Å². The van der Waals surface area contributed by atoms with Gasteiger partial charge in [0.15, 0.2) is 0 Å². The Labute approximate surface area is 107 Å². The van der Waals surface area contributed by atoms with Crippen LogP contribution in [0.2, 0.25) is 0 Å². The van der Waals surface area contributed by atoms with Crippen molar-refractivity contribution in [3.05, 3.63) is 35.4 Å². The molecule has 0 aromatic heterocycles. The monoisotopic (exact) mass is 285 g/mol. The molecule has 0 amide bonds. The fourth-order valence-corrected chi connectivity index (χ4v) is 2.06. The third kappa shape index (κ3) is 5.10. The number of alkyl halides is 1. The van der Waals surface area contributed by atoms with Crippen molar-refractivity contribution in [3.8, 4) is 0 Å². The van der Waals surface area contributed by atoms with Crippen LogP contribution in [0.3, 0.4) is 0 Å². The minimum Gasteiger partial charge on any atom is -0.383 e. The fraction of sp³-hybridized carbons (Fsp3) is 0.538. The summed E-state index contributed by atoms with van der Waals surface area (Å²) in [5.41, 5.74) is 2.68. The van der Waals surface area contributed by atoms with Gasteiger partial charge in [-0.3, -0.25) is 4.90 Å². The van der Waals surface area contributed by atoms with Crippen LogP contribution in [0.4, 0.5) is 0 Å². The summed E-state index contributed by atoms with van der Waals surface area (Å²) in [5, 5.41) is 1.00. The third-order valence-electron chi connectivity index (χ3n) is 2.54. The number of ether oxygens (including phenoxy) is 1. The molecule has 0 aliphatic heterocycles. The Balaban J connectivity index is 2.49. The molecule has 1 aromatic rings. The van der Waals surface area contributed by atoms with Crippen LogP contribution in [-0.2, 0) is 11.3 Å². The number of aryl methyl sites for hydroxylation is 1. The lowest BCUT2D eigenvalue weighted by Crippen LogP contribution is -2.28. The SMILES string of the molecule is COCCN(CCBr)Cc1ccc(C)cc1. The summed E-state index contributed by atoms with van der Waals surface area (Å²) in [4.78, 5) is 2.39. The van der Waals surface area contributed by atoms with E-state index in [9.17, 15) is 0 Å². The van der Waals surface area contributed by atoms with Gasteiger partial charge < -0.3 is 4.74 Å². The van der Waals surface area contributed by atoms with Crippen LogP contribution in [0.5, 0.6) is 0 Å². The Morgan fingerprint density at radius 2 is 1.88 bits per heavy atom. The predicted molar refractivity (Wildman–Crippen MR) is 72.1 cm³/mol. The van der Waals surface area contributed by atoms with E-state index >= 15 is 0 Å². The smallest absolute Gasteiger partial charge is 0.0589 e. The van der Waals surface area contributed by atoms with Crippen LogP contribution in [0.25, 0.3) is 0 Å². The van der Waals surface area contributed by atoms with Crippen molar-refractivity contribution in [1.82, 2.24) is 4.90 Å². The lowest BCUT2D eigenvalue weighted by molar-refractivity contribution is 0.148. The molecule has 0 saturated heterocycles. The number of rotatable bonds is 7. The van der Waals surface area contributed by atoms with E-state index in [0.29, 0.717) is 0 Å². The average molecular weight is 286 g/mol. The summed E-state index contributed by atoms with van der Waals surface area (Å²) < 4.78 is 5.12. The summed E-state index contributed by atoms with van der Waals surface area (Å²) in [5.74, 6) is 0. The summed E-state index contributed by atoms with van der Waals surface area (Å²) in [6, 6.07) is 8.72. The van der Waals surface area contributed by atoms with Crippen molar-refractivity contribution >= 4 is 15.9 Å². The van der Waals surface area contributed by atoms with E-state index in [0.717, 1.165) is 31.6 Å². The molecule has 0 N–H and O–H groups in total. The van der Waals surface area contributed by atoms with Crippen LogP contribution in [-0.4, -0.2) is 37.0 Å². The first-order chi connectivity index (χ1) is 7.76. The Hall–Kier alpha value is -0.380. The molecule has 0 fully saturated rings. The topological polar surface area (TPSA) is 12.5 Å². The number of halogens is 1. The van der Waals surface area contributed by atoms with Crippen LogP contribution in [0.15, 0.2) is 24.3 Å². The maximum atomic E-state index is 5.12. The molecule has 0 atom stereocenters. The lowest BCUT2D eigenvalue weighted by atomic mass is 10.1. The highest BCUT2D eigenvalue weighted by Gasteiger charge is 2.04. The van der Waals surface area contributed by atoms with E-state index in [1.807, 2.05) is 0 Å². The molecule has 0 heterocycles. The van der Waals surface area contributed by atoms with Gasteiger partial charge in [-0.1, -0.05) is 45.8 Å². The molecule has 0 radical (unpaired) electrons. The van der Waals surface area contributed by atoms with E-state index < -0.39 is 0 Å². The Morgan fingerprint density at radius 3 is 2.44 bits per heavy atom. The maximum absolute atomic E-state index is 5.12.